The maximum Gasteiger partial charge on any atom is 0.330 e. The average molecular weight is 507 g/mol. The van der Waals surface area contributed by atoms with E-state index in [1.54, 1.807) is 24.3 Å². The zero-order valence-electron chi connectivity index (χ0n) is 20.1. The fourth-order valence-electron chi connectivity index (χ4n) is 3.90. The van der Waals surface area contributed by atoms with E-state index in [4.69, 9.17) is 0 Å². The number of anilines is 1. The van der Waals surface area contributed by atoms with Gasteiger partial charge in [-0.05, 0) is 49.2 Å². The van der Waals surface area contributed by atoms with Gasteiger partial charge in [0.05, 0.1) is 15.8 Å². The quantitative estimate of drug-likeness (QED) is 0.398. The molecule has 10 heteroatoms. The van der Waals surface area contributed by atoms with Crippen molar-refractivity contribution >= 4 is 32.5 Å². The molecule has 0 fully saturated rings. The third-order valence-corrected chi connectivity index (χ3v) is 7.43. The number of amides is 1. The summed E-state index contributed by atoms with van der Waals surface area (Å²) in [5.41, 5.74) is 1.51. The second-order valence-electron chi connectivity index (χ2n) is 8.60. The summed E-state index contributed by atoms with van der Waals surface area (Å²) in [4.78, 5) is 37.8. The third-order valence-electron chi connectivity index (χ3n) is 5.96. The lowest BCUT2D eigenvalue weighted by Crippen LogP contribution is -2.45. The number of fused-ring (bicyclic) bond motifs is 1. The lowest BCUT2D eigenvalue weighted by molar-refractivity contribution is -0.117. The van der Waals surface area contributed by atoms with Gasteiger partial charge in [0.1, 0.15) is 6.04 Å². The van der Waals surface area contributed by atoms with Crippen molar-refractivity contribution in [1.29, 1.82) is 0 Å². The highest BCUT2D eigenvalue weighted by Crippen LogP contribution is 2.17. The summed E-state index contributed by atoms with van der Waals surface area (Å²) in [6, 6.07) is 19.0. The molecule has 36 heavy (non-hydrogen) atoms. The zero-order chi connectivity index (χ0) is 26.0. The molecular weight excluding hydrogens is 480 g/mol. The highest BCUT2D eigenvalue weighted by atomic mass is 32.2. The Morgan fingerprint density at radius 2 is 1.58 bits per heavy atom. The Morgan fingerprint density at radius 3 is 2.25 bits per heavy atom. The third kappa shape index (κ3) is 5.14. The summed E-state index contributed by atoms with van der Waals surface area (Å²) in [7, 11) is -1.38. The number of aromatic nitrogens is 2. The molecule has 1 aromatic heterocycles. The van der Waals surface area contributed by atoms with Crippen LogP contribution in [0.25, 0.3) is 10.9 Å². The molecule has 0 unspecified atom stereocenters. The number of nitrogens with one attached hydrogen (secondary N) is 2. The van der Waals surface area contributed by atoms with Crippen LogP contribution >= 0.6 is 0 Å². The first-order valence-corrected chi connectivity index (χ1v) is 12.7. The van der Waals surface area contributed by atoms with Gasteiger partial charge in [0, 0.05) is 19.8 Å². The van der Waals surface area contributed by atoms with Crippen LogP contribution in [-0.2, 0) is 35.3 Å². The highest BCUT2D eigenvalue weighted by molar-refractivity contribution is 7.89. The van der Waals surface area contributed by atoms with E-state index in [-0.39, 0.29) is 16.7 Å². The molecule has 2 N–H and O–H groups in total. The topological polar surface area (TPSA) is 119 Å². The van der Waals surface area contributed by atoms with E-state index in [1.165, 1.54) is 36.9 Å². The molecule has 0 bridgehead atoms. The van der Waals surface area contributed by atoms with Gasteiger partial charge in [-0.25, -0.2) is 13.2 Å². The Bertz CT molecular complexity index is 1660. The molecule has 1 heterocycles. The summed E-state index contributed by atoms with van der Waals surface area (Å²) in [5.74, 6) is -0.523. The standard InChI is InChI=1S/C26H26N4O5S/c1-17-9-11-19(12-10-17)27-24(31)22(15-18-7-5-4-6-8-18)28-36(34,35)20-13-14-23-21(16-20)25(32)30(3)26(33)29(23)2/h4-14,16,22,28H,15H2,1-3H3,(H,27,31)/t22-/m1/s1. The maximum absolute atomic E-state index is 13.4. The minimum absolute atomic E-state index is 0.0752. The van der Waals surface area contributed by atoms with Crippen LogP contribution < -0.4 is 21.3 Å². The van der Waals surface area contributed by atoms with E-state index >= 15 is 0 Å². The molecule has 0 saturated heterocycles. The van der Waals surface area contributed by atoms with Gasteiger partial charge in [0.2, 0.25) is 15.9 Å². The largest absolute Gasteiger partial charge is 0.330 e. The maximum atomic E-state index is 13.4. The van der Waals surface area contributed by atoms with Crippen molar-refractivity contribution in [3.05, 3.63) is 105 Å². The van der Waals surface area contributed by atoms with Gasteiger partial charge in [-0.2, -0.15) is 4.72 Å². The van der Waals surface area contributed by atoms with E-state index in [2.05, 4.69) is 10.0 Å². The molecular formula is C26H26N4O5S. The van der Waals surface area contributed by atoms with Crippen molar-refractivity contribution in [1.82, 2.24) is 13.9 Å². The van der Waals surface area contributed by atoms with Crippen molar-refractivity contribution in [3.8, 4) is 0 Å². The van der Waals surface area contributed by atoms with Crippen LogP contribution in [0.1, 0.15) is 11.1 Å². The molecule has 186 valence electrons. The smallest absolute Gasteiger partial charge is 0.325 e. The summed E-state index contributed by atoms with van der Waals surface area (Å²) >= 11 is 0. The molecule has 0 aliphatic rings. The van der Waals surface area contributed by atoms with Crippen LogP contribution in [-0.4, -0.2) is 29.5 Å². The SMILES string of the molecule is Cc1ccc(NC(=O)[C@@H](Cc2ccccc2)NS(=O)(=O)c2ccc3c(c2)c(=O)n(C)c(=O)n3C)cc1. The molecule has 9 nitrogen and oxygen atoms in total. The Labute approximate surface area is 208 Å². The lowest BCUT2D eigenvalue weighted by Gasteiger charge is -2.19. The van der Waals surface area contributed by atoms with Crippen molar-refractivity contribution < 1.29 is 13.2 Å². The summed E-state index contributed by atoms with van der Waals surface area (Å²) < 4.78 is 31.4. The zero-order valence-corrected chi connectivity index (χ0v) is 20.9. The van der Waals surface area contributed by atoms with E-state index in [0.29, 0.717) is 11.2 Å². The monoisotopic (exact) mass is 506 g/mol. The fraction of sp³-hybridized carbons (Fsp3) is 0.192. The van der Waals surface area contributed by atoms with Gasteiger partial charge in [0.15, 0.2) is 0 Å². The predicted octanol–water partition coefficient (Wildman–Crippen LogP) is 2.07. The summed E-state index contributed by atoms with van der Waals surface area (Å²) in [5, 5.41) is 2.84. The number of sulfonamides is 1. The molecule has 3 aromatic carbocycles. The Balaban J connectivity index is 1.70. The van der Waals surface area contributed by atoms with Gasteiger partial charge in [-0.3, -0.25) is 18.7 Å². The van der Waals surface area contributed by atoms with E-state index in [9.17, 15) is 22.8 Å². The molecule has 0 aliphatic carbocycles. The number of carbonyl (C=O) groups is 1. The van der Waals surface area contributed by atoms with Crippen molar-refractivity contribution in [2.75, 3.05) is 5.32 Å². The van der Waals surface area contributed by atoms with Crippen LogP contribution in [0, 0.1) is 6.92 Å². The number of benzene rings is 3. The van der Waals surface area contributed by atoms with Gasteiger partial charge in [-0.15, -0.1) is 0 Å². The number of nitrogens with zero attached hydrogens (tertiary/aromatic N) is 2. The van der Waals surface area contributed by atoms with Crippen molar-refractivity contribution in [2.45, 2.75) is 24.3 Å². The van der Waals surface area contributed by atoms with Gasteiger partial charge < -0.3 is 5.32 Å². The van der Waals surface area contributed by atoms with Crippen molar-refractivity contribution in [3.63, 3.8) is 0 Å². The number of rotatable bonds is 7. The van der Waals surface area contributed by atoms with E-state index < -0.39 is 33.2 Å². The predicted molar refractivity (Wildman–Crippen MR) is 138 cm³/mol. The Kier molecular flexibility index (Phi) is 6.91. The average Bonchev–Trinajstić information content (AvgIpc) is 2.87. The normalized spacial score (nSPS) is 12.4. The fourth-order valence-corrected chi connectivity index (χ4v) is 5.12. The number of aryl methyl sites for hydroxylation is 2. The lowest BCUT2D eigenvalue weighted by atomic mass is 10.1. The molecule has 4 aromatic rings. The molecule has 0 aliphatic heterocycles. The van der Waals surface area contributed by atoms with Crippen LogP contribution in [0.5, 0.6) is 0 Å². The second-order valence-corrected chi connectivity index (χ2v) is 10.3. The van der Waals surface area contributed by atoms with Crippen molar-refractivity contribution in [2.24, 2.45) is 14.1 Å². The molecule has 4 rings (SSSR count). The summed E-state index contributed by atoms with van der Waals surface area (Å²) in [6.45, 7) is 1.92. The number of hydrogen-bond acceptors (Lipinski definition) is 5. The number of hydrogen-bond donors (Lipinski definition) is 2. The molecule has 1 atom stereocenters. The highest BCUT2D eigenvalue weighted by Gasteiger charge is 2.27. The molecule has 0 radical (unpaired) electrons. The molecule has 0 spiro atoms. The minimum Gasteiger partial charge on any atom is -0.325 e. The van der Waals surface area contributed by atoms with Gasteiger partial charge >= 0.3 is 5.69 Å². The first-order chi connectivity index (χ1) is 17.1. The minimum atomic E-state index is -4.21. The van der Waals surface area contributed by atoms with Gasteiger partial charge in [0.25, 0.3) is 5.56 Å². The molecule has 1 amide bonds. The Hall–Kier alpha value is -4.02. The first kappa shape index (κ1) is 25.1. The van der Waals surface area contributed by atoms with Crippen LogP contribution in [0.2, 0.25) is 0 Å². The van der Waals surface area contributed by atoms with E-state index in [0.717, 1.165) is 15.7 Å². The van der Waals surface area contributed by atoms with Crippen LogP contribution in [0.4, 0.5) is 5.69 Å². The van der Waals surface area contributed by atoms with Gasteiger partial charge in [-0.1, -0.05) is 48.0 Å². The summed E-state index contributed by atoms with van der Waals surface area (Å²) in [6.07, 6.45) is 0.113. The Morgan fingerprint density at radius 1 is 0.917 bits per heavy atom. The van der Waals surface area contributed by atoms with Crippen LogP contribution in [0.3, 0.4) is 0 Å². The van der Waals surface area contributed by atoms with E-state index in [1.807, 2.05) is 37.3 Å². The number of carbonyl (C=O) groups excluding carboxylic acids is 1. The molecule has 0 saturated carbocycles. The second kappa shape index (κ2) is 9.92. The first-order valence-electron chi connectivity index (χ1n) is 11.2. The van der Waals surface area contributed by atoms with Crippen LogP contribution in [0.15, 0.2) is 87.3 Å².